The number of ether oxygens (including phenoxy) is 1. The summed E-state index contributed by atoms with van der Waals surface area (Å²) >= 11 is 0. The van der Waals surface area contributed by atoms with Crippen LogP contribution in [0.2, 0.25) is 0 Å². The molecule has 4 rings (SSSR count). The standard InChI is InChI=1S/C23H22N4O2/c1-14-5-10-21-19(11-14)20(26-27-23-24-15(2)12-16(3)25-23)13-22(29-21)17-6-8-18(28-4)9-7-17/h5-13H,1-4H3,(H,24,25,27)/b26-20+. The van der Waals surface area contributed by atoms with Crippen molar-refractivity contribution in [1.82, 2.24) is 9.97 Å². The molecule has 2 heterocycles. The van der Waals surface area contributed by atoms with E-state index in [0.717, 1.165) is 44.6 Å². The van der Waals surface area contributed by atoms with Crippen LogP contribution in [-0.4, -0.2) is 17.1 Å². The summed E-state index contributed by atoms with van der Waals surface area (Å²) < 4.78 is 11.4. The van der Waals surface area contributed by atoms with E-state index in [-0.39, 0.29) is 0 Å². The maximum Gasteiger partial charge on any atom is 0.243 e. The third-order valence-corrected chi connectivity index (χ3v) is 4.53. The van der Waals surface area contributed by atoms with E-state index >= 15 is 0 Å². The first-order valence-corrected chi connectivity index (χ1v) is 9.33. The number of hydrogen-bond donors (Lipinski definition) is 1. The fraction of sp³-hybridized carbons (Fsp3) is 0.174. The third kappa shape index (κ3) is 4.11. The Hall–Kier alpha value is -3.67. The second-order valence-corrected chi connectivity index (χ2v) is 6.92. The van der Waals surface area contributed by atoms with Gasteiger partial charge in [-0.3, -0.25) is 0 Å². The number of anilines is 1. The van der Waals surface area contributed by atoms with Crippen molar-refractivity contribution >= 4 is 16.9 Å². The maximum atomic E-state index is 6.15. The first kappa shape index (κ1) is 18.7. The lowest BCUT2D eigenvalue weighted by atomic mass is 10.1. The van der Waals surface area contributed by atoms with Crippen LogP contribution in [0.4, 0.5) is 5.95 Å². The van der Waals surface area contributed by atoms with Crippen LogP contribution < -0.4 is 15.5 Å². The summed E-state index contributed by atoms with van der Waals surface area (Å²) in [5.74, 6) is 1.98. The van der Waals surface area contributed by atoms with Crippen molar-refractivity contribution < 1.29 is 9.15 Å². The number of hydrogen-bond acceptors (Lipinski definition) is 6. The molecule has 0 radical (unpaired) electrons. The van der Waals surface area contributed by atoms with Gasteiger partial charge < -0.3 is 9.15 Å². The van der Waals surface area contributed by atoms with Crippen LogP contribution in [0.25, 0.3) is 22.3 Å². The molecule has 0 aliphatic heterocycles. The van der Waals surface area contributed by atoms with E-state index in [1.165, 1.54) is 0 Å². The van der Waals surface area contributed by atoms with Gasteiger partial charge in [0.2, 0.25) is 5.95 Å². The smallest absolute Gasteiger partial charge is 0.243 e. The highest BCUT2D eigenvalue weighted by Gasteiger charge is 2.07. The molecule has 2 aromatic heterocycles. The molecule has 0 unspecified atom stereocenters. The van der Waals surface area contributed by atoms with Gasteiger partial charge in [0, 0.05) is 28.4 Å². The largest absolute Gasteiger partial charge is 0.497 e. The van der Waals surface area contributed by atoms with E-state index in [2.05, 4.69) is 26.6 Å². The Morgan fingerprint density at radius 3 is 2.31 bits per heavy atom. The number of nitrogens with zero attached hydrogens (tertiary/aromatic N) is 3. The summed E-state index contributed by atoms with van der Waals surface area (Å²) in [6.07, 6.45) is 0. The second kappa shape index (κ2) is 7.75. The van der Waals surface area contributed by atoms with Crippen molar-refractivity contribution in [3.05, 3.63) is 76.9 Å². The van der Waals surface area contributed by atoms with Gasteiger partial charge >= 0.3 is 0 Å². The summed E-state index contributed by atoms with van der Waals surface area (Å²) in [6.45, 7) is 5.91. The molecule has 0 bridgehead atoms. The topological polar surface area (TPSA) is 72.5 Å². The van der Waals surface area contributed by atoms with Crippen LogP contribution in [0, 0.1) is 20.8 Å². The van der Waals surface area contributed by atoms with E-state index in [9.17, 15) is 0 Å². The molecule has 2 aromatic carbocycles. The van der Waals surface area contributed by atoms with Gasteiger partial charge in [-0.1, -0.05) is 11.6 Å². The van der Waals surface area contributed by atoms with E-state index in [0.29, 0.717) is 11.7 Å². The van der Waals surface area contributed by atoms with Gasteiger partial charge in [0.1, 0.15) is 17.1 Å². The molecule has 0 atom stereocenters. The summed E-state index contributed by atoms with van der Waals surface area (Å²) in [4.78, 5) is 8.79. The molecule has 6 heteroatoms. The summed E-state index contributed by atoms with van der Waals surface area (Å²) in [5, 5.41) is 6.26. The lowest BCUT2D eigenvalue weighted by Gasteiger charge is -2.07. The Morgan fingerprint density at radius 2 is 1.62 bits per heavy atom. The molecular weight excluding hydrogens is 364 g/mol. The molecule has 146 valence electrons. The predicted molar refractivity (Wildman–Crippen MR) is 114 cm³/mol. The zero-order valence-corrected chi connectivity index (χ0v) is 16.9. The van der Waals surface area contributed by atoms with Crippen LogP contribution in [0.15, 0.2) is 64.1 Å². The Bertz CT molecular complexity index is 1220. The van der Waals surface area contributed by atoms with Gasteiger partial charge in [0.25, 0.3) is 0 Å². The minimum Gasteiger partial charge on any atom is -0.497 e. The molecular formula is C23H22N4O2. The SMILES string of the molecule is COc1ccc(-c2c/c(=N\Nc3nc(C)cc(C)n3)c3cc(C)ccc3o2)cc1. The number of aromatic nitrogens is 2. The molecule has 0 aliphatic rings. The van der Waals surface area contributed by atoms with Crippen molar-refractivity contribution in [3.63, 3.8) is 0 Å². The number of benzene rings is 2. The van der Waals surface area contributed by atoms with E-state index in [1.54, 1.807) is 7.11 Å². The second-order valence-electron chi connectivity index (χ2n) is 6.92. The van der Waals surface area contributed by atoms with Crippen molar-refractivity contribution in [2.45, 2.75) is 20.8 Å². The molecule has 1 N–H and O–H groups in total. The first-order chi connectivity index (χ1) is 14.0. The molecule has 0 spiro atoms. The minimum atomic E-state index is 0.468. The zero-order valence-electron chi connectivity index (χ0n) is 16.9. The number of fused-ring (bicyclic) bond motifs is 1. The molecule has 0 saturated carbocycles. The number of methoxy groups -OCH3 is 1. The van der Waals surface area contributed by atoms with E-state index in [1.807, 2.05) is 69.3 Å². The van der Waals surface area contributed by atoms with Crippen LogP contribution >= 0.6 is 0 Å². The predicted octanol–water partition coefficient (Wildman–Crippen LogP) is 4.75. The van der Waals surface area contributed by atoms with E-state index in [4.69, 9.17) is 9.15 Å². The van der Waals surface area contributed by atoms with Crippen molar-refractivity contribution in [3.8, 4) is 17.1 Å². The lowest BCUT2D eigenvalue weighted by molar-refractivity contribution is 0.415. The molecule has 0 fully saturated rings. The van der Waals surface area contributed by atoms with E-state index < -0.39 is 0 Å². The number of nitrogens with one attached hydrogen (secondary N) is 1. The van der Waals surface area contributed by atoms with Crippen molar-refractivity contribution in [2.75, 3.05) is 12.5 Å². The molecule has 6 nitrogen and oxygen atoms in total. The highest BCUT2D eigenvalue weighted by Crippen LogP contribution is 2.24. The first-order valence-electron chi connectivity index (χ1n) is 9.33. The zero-order chi connectivity index (χ0) is 20.4. The quantitative estimate of drug-likeness (QED) is 0.512. The Kier molecular flexibility index (Phi) is 4.99. The van der Waals surface area contributed by atoms with Crippen molar-refractivity contribution in [2.24, 2.45) is 5.10 Å². The van der Waals surface area contributed by atoms with Gasteiger partial charge in [0.05, 0.1) is 12.5 Å². The average molecular weight is 386 g/mol. The Morgan fingerprint density at radius 1 is 0.897 bits per heavy atom. The fourth-order valence-electron chi connectivity index (χ4n) is 3.16. The van der Waals surface area contributed by atoms with Crippen molar-refractivity contribution in [1.29, 1.82) is 0 Å². The normalized spacial score (nSPS) is 11.7. The van der Waals surface area contributed by atoms with Gasteiger partial charge in [-0.15, -0.1) is 0 Å². The van der Waals surface area contributed by atoms with Gasteiger partial charge in [0.15, 0.2) is 0 Å². The highest BCUT2D eigenvalue weighted by atomic mass is 16.5. The van der Waals surface area contributed by atoms with Crippen LogP contribution in [0.1, 0.15) is 17.0 Å². The summed E-state index contributed by atoms with van der Waals surface area (Å²) in [5.41, 5.74) is 7.59. The van der Waals surface area contributed by atoms with Crippen LogP contribution in [-0.2, 0) is 0 Å². The molecule has 4 aromatic rings. The van der Waals surface area contributed by atoms with Crippen LogP contribution in [0.5, 0.6) is 5.75 Å². The lowest BCUT2D eigenvalue weighted by Crippen LogP contribution is -2.09. The molecule has 29 heavy (non-hydrogen) atoms. The maximum absolute atomic E-state index is 6.15. The molecule has 0 aliphatic carbocycles. The summed E-state index contributed by atoms with van der Waals surface area (Å²) in [6, 6.07) is 17.6. The average Bonchev–Trinajstić information content (AvgIpc) is 2.71. The van der Waals surface area contributed by atoms with Gasteiger partial charge in [-0.2, -0.15) is 5.10 Å². The summed E-state index contributed by atoms with van der Waals surface area (Å²) in [7, 11) is 1.65. The number of aryl methyl sites for hydroxylation is 3. The molecule has 0 amide bonds. The fourth-order valence-corrected chi connectivity index (χ4v) is 3.16. The number of rotatable bonds is 4. The van der Waals surface area contributed by atoms with Crippen LogP contribution in [0.3, 0.4) is 0 Å². The minimum absolute atomic E-state index is 0.468. The third-order valence-electron chi connectivity index (χ3n) is 4.53. The highest BCUT2D eigenvalue weighted by molar-refractivity contribution is 5.79. The van der Waals surface area contributed by atoms with Gasteiger partial charge in [-0.05, 0) is 63.2 Å². The Balaban J connectivity index is 1.84. The molecule has 0 saturated heterocycles. The van der Waals surface area contributed by atoms with Gasteiger partial charge in [-0.25, -0.2) is 15.4 Å². The Labute approximate surface area is 168 Å². The monoisotopic (exact) mass is 386 g/mol.